The number of carbonyl (C=O) groups excluding carboxylic acids is 1. The lowest BCUT2D eigenvalue weighted by Gasteiger charge is -2.09. The summed E-state index contributed by atoms with van der Waals surface area (Å²) in [5, 5.41) is 7.82. The van der Waals surface area contributed by atoms with E-state index in [2.05, 4.69) is 20.8 Å². The minimum absolute atomic E-state index is 0.0546. The van der Waals surface area contributed by atoms with Crippen molar-refractivity contribution in [2.45, 2.75) is 6.92 Å². The molecule has 4 aromatic rings. The number of hydrogen-bond donors (Lipinski definition) is 2. The third kappa shape index (κ3) is 5.01. The normalized spacial score (nSPS) is 11.0. The predicted molar refractivity (Wildman–Crippen MR) is 123 cm³/mol. The van der Waals surface area contributed by atoms with Gasteiger partial charge in [0, 0.05) is 5.69 Å². The van der Waals surface area contributed by atoms with Gasteiger partial charge in [0.1, 0.15) is 5.75 Å². The van der Waals surface area contributed by atoms with Crippen LogP contribution >= 0.6 is 11.3 Å². The molecule has 0 saturated heterocycles. The lowest BCUT2D eigenvalue weighted by molar-refractivity contribution is -0.118. The molecule has 0 saturated carbocycles. The molecule has 0 radical (unpaired) electrons. The SMILES string of the molecule is Cc1ccccc1NC(=O)COc1ccc(/C=N/Nc2nc3ccccc3s2)cc1. The van der Waals surface area contributed by atoms with Crippen LogP contribution in [0.5, 0.6) is 5.75 Å². The number of thiazole rings is 1. The second-order valence-corrected chi connectivity index (χ2v) is 7.61. The van der Waals surface area contributed by atoms with Crippen molar-refractivity contribution in [1.29, 1.82) is 0 Å². The molecule has 3 aromatic carbocycles. The summed E-state index contributed by atoms with van der Waals surface area (Å²) >= 11 is 1.55. The number of aryl methyl sites for hydroxylation is 1. The third-order valence-electron chi connectivity index (χ3n) is 4.34. The molecule has 0 bridgehead atoms. The number of amides is 1. The predicted octanol–water partition coefficient (Wildman–Crippen LogP) is 5.07. The Morgan fingerprint density at radius 1 is 1.07 bits per heavy atom. The van der Waals surface area contributed by atoms with Crippen LogP contribution in [0, 0.1) is 6.92 Å². The molecule has 0 atom stereocenters. The molecule has 2 N–H and O–H groups in total. The van der Waals surface area contributed by atoms with Gasteiger partial charge in [0.15, 0.2) is 6.61 Å². The number of benzene rings is 3. The van der Waals surface area contributed by atoms with Gasteiger partial charge in [0.25, 0.3) is 5.91 Å². The monoisotopic (exact) mass is 416 g/mol. The van der Waals surface area contributed by atoms with Crippen molar-refractivity contribution < 1.29 is 9.53 Å². The van der Waals surface area contributed by atoms with Gasteiger partial charge in [-0.2, -0.15) is 5.10 Å². The maximum atomic E-state index is 12.1. The van der Waals surface area contributed by atoms with Crippen molar-refractivity contribution in [1.82, 2.24) is 4.98 Å². The molecular weight excluding hydrogens is 396 g/mol. The summed E-state index contributed by atoms with van der Waals surface area (Å²) in [6.07, 6.45) is 1.71. The third-order valence-corrected chi connectivity index (χ3v) is 5.28. The van der Waals surface area contributed by atoms with Crippen LogP contribution in [0.2, 0.25) is 0 Å². The van der Waals surface area contributed by atoms with E-state index in [0.717, 1.165) is 32.2 Å². The first kappa shape index (κ1) is 19.6. The summed E-state index contributed by atoms with van der Waals surface area (Å²) in [6.45, 7) is 1.89. The number of carbonyl (C=O) groups is 1. The molecule has 0 aliphatic carbocycles. The van der Waals surface area contributed by atoms with Crippen LogP contribution in [0.3, 0.4) is 0 Å². The molecular formula is C23H20N4O2S. The zero-order chi connectivity index (χ0) is 20.8. The van der Waals surface area contributed by atoms with E-state index in [0.29, 0.717) is 5.75 Å². The highest BCUT2D eigenvalue weighted by Crippen LogP contribution is 2.25. The minimum Gasteiger partial charge on any atom is -0.484 e. The molecule has 1 aromatic heterocycles. The van der Waals surface area contributed by atoms with Crippen LogP contribution < -0.4 is 15.5 Å². The summed E-state index contributed by atoms with van der Waals surface area (Å²) in [5.74, 6) is 0.418. The summed E-state index contributed by atoms with van der Waals surface area (Å²) in [6, 6.07) is 22.9. The quantitative estimate of drug-likeness (QED) is 0.326. The number of fused-ring (bicyclic) bond motifs is 1. The van der Waals surface area contributed by atoms with Crippen LogP contribution in [0.4, 0.5) is 10.8 Å². The van der Waals surface area contributed by atoms with Crippen molar-refractivity contribution in [3.05, 3.63) is 83.9 Å². The molecule has 0 spiro atoms. The van der Waals surface area contributed by atoms with Crippen LogP contribution in [0.25, 0.3) is 10.2 Å². The molecule has 0 aliphatic heterocycles. The van der Waals surface area contributed by atoms with Gasteiger partial charge in [-0.1, -0.05) is 41.7 Å². The molecule has 150 valence electrons. The van der Waals surface area contributed by atoms with Gasteiger partial charge in [-0.3, -0.25) is 10.2 Å². The highest BCUT2D eigenvalue weighted by Gasteiger charge is 2.05. The molecule has 0 fully saturated rings. The van der Waals surface area contributed by atoms with E-state index in [-0.39, 0.29) is 12.5 Å². The van der Waals surface area contributed by atoms with Crippen LogP contribution in [0.15, 0.2) is 77.9 Å². The summed E-state index contributed by atoms with van der Waals surface area (Å²) < 4.78 is 6.68. The van der Waals surface area contributed by atoms with E-state index < -0.39 is 0 Å². The first-order valence-corrected chi connectivity index (χ1v) is 10.2. The van der Waals surface area contributed by atoms with Gasteiger partial charge < -0.3 is 10.1 Å². The Balaban J connectivity index is 1.27. The van der Waals surface area contributed by atoms with Crippen molar-refractivity contribution in [2.24, 2.45) is 5.10 Å². The van der Waals surface area contributed by atoms with E-state index in [1.54, 1.807) is 29.7 Å². The molecule has 1 heterocycles. The molecule has 0 aliphatic rings. The van der Waals surface area contributed by atoms with Gasteiger partial charge in [-0.15, -0.1) is 0 Å². The number of aromatic nitrogens is 1. The molecule has 30 heavy (non-hydrogen) atoms. The van der Waals surface area contributed by atoms with Crippen molar-refractivity contribution in [2.75, 3.05) is 17.3 Å². The highest BCUT2D eigenvalue weighted by atomic mass is 32.1. The summed E-state index contributed by atoms with van der Waals surface area (Å²) in [4.78, 5) is 16.5. The molecule has 1 amide bonds. The standard InChI is InChI=1S/C23H20N4O2S/c1-16-6-2-3-7-19(16)25-22(28)15-29-18-12-10-17(11-13-18)14-24-27-23-26-20-8-4-5-9-21(20)30-23/h2-14H,15H2,1H3,(H,25,28)(H,26,27)/b24-14+. The molecule has 7 heteroatoms. The number of ether oxygens (including phenoxy) is 1. The molecule has 6 nitrogen and oxygen atoms in total. The Morgan fingerprint density at radius 2 is 1.83 bits per heavy atom. The zero-order valence-electron chi connectivity index (χ0n) is 16.3. The number of rotatable bonds is 7. The number of nitrogens with zero attached hydrogens (tertiary/aromatic N) is 2. The van der Waals surface area contributed by atoms with Crippen molar-refractivity contribution >= 4 is 44.5 Å². The van der Waals surface area contributed by atoms with Gasteiger partial charge in [-0.05, 0) is 60.5 Å². The van der Waals surface area contributed by atoms with Gasteiger partial charge >= 0.3 is 0 Å². The zero-order valence-corrected chi connectivity index (χ0v) is 17.1. The molecule has 4 rings (SSSR count). The van der Waals surface area contributed by atoms with E-state index in [9.17, 15) is 4.79 Å². The first-order chi connectivity index (χ1) is 14.7. The Labute approximate surface area is 178 Å². The van der Waals surface area contributed by atoms with Crippen LogP contribution in [0.1, 0.15) is 11.1 Å². The highest BCUT2D eigenvalue weighted by molar-refractivity contribution is 7.22. The minimum atomic E-state index is -0.199. The average molecular weight is 417 g/mol. The largest absolute Gasteiger partial charge is 0.484 e. The van der Waals surface area contributed by atoms with Crippen molar-refractivity contribution in [3.8, 4) is 5.75 Å². The second kappa shape index (κ2) is 9.19. The number of nitrogens with one attached hydrogen (secondary N) is 2. The second-order valence-electron chi connectivity index (χ2n) is 6.58. The maximum Gasteiger partial charge on any atom is 0.262 e. The maximum absolute atomic E-state index is 12.1. The van der Waals surface area contributed by atoms with Crippen LogP contribution in [-0.2, 0) is 4.79 Å². The van der Waals surface area contributed by atoms with Gasteiger partial charge in [0.2, 0.25) is 5.13 Å². The number of hydrogen-bond acceptors (Lipinski definition) is 6. The van der Waals surface area contributed by atoms with Gasteiger partial charge in [-0.25, -0.2) is 4.98 Å². The smallest absolute Gasteiger partial charge is 0.262 e. The fraction of sp³-hybridized carbons (Fsp3) is 0.0870. The Hall–Kier alpha value is -3.71. The molecule has 0 unspecified atom stereocenters. The van der Waals surface area contributed by atoms with E-state index in [1.165, 1.54) is 0 Å². The van der Waals surface area contributed by atoms with Gasteiger partial charge in [0.05, 0.1) is 16.4 Å². The Morgan fingerprint density at radius 3 is 2.63 bits per heavy atom. The van der Waals surface area contributed by atoms with E-state index in [1.807, 2.05) is 67.6 Å². The Kier molecular flexibility index (Phi) is 6.01. The van der Waals surface area contributed by atoms with Crippen molar-refractivity contribution in [3.63, 3.8) is 0 Å². The fourth-order valence-corrected chi connectivity index (χ4v) is 3.60. The summed E-state index contributed by atoms with van der Waals surface area (Å²) in [5.41, 5.74) is 6.61. The summed E-state index contributed by atoms with van der Waals surface area (Å²) in [7, 11) is 0. The number of hydrazone groups is 1. The first-order valence-electron chi connectivity index (χ1n) is 9.40. The lowest BCUT2D eigenvalue weighted by Crippen LogP contribution is -2.20. The van der Waals surface area contributed by atoms with E-state index >= 15 is 0 Å². The average Bonchev–Trinajstić information content (AvgIpc) is 3.18. The number of anilines is 2. The number of para-hydroxylation sites is 2. The fourth-order valence-electron chi connectivity index (χ4n) is 2.78. The Bertz CT molecular complexity index is 1150. The topological polar surface area (TPSA) is 75.6 Å². The van der Waals surface area contributed by atoms with Crippen LogP contribution in [-0.4, -0.2) is 23.7 Å². The lowest BCUT2D eigenvalue weighted by atomic mass is 10.2. The van der Waals surface area contributed by atoms with E-state index in [4.69, 9.17) is 4.74 Å².